The number of amides is 1. The van der Waals surface area contributed by atoms with E-state index in [0.717, 1.165) is 6.08 Å². The van der Waals surface area contributed by atoms with E-state index in [2.05, 4.69) is 5.32 Å². The largest absolute Gasteiger partial charge is 0.478 e. The lowest BCUT2D eigenvalue weighted by atomic mass is 10.3. The van der Waals surface area contributed by atoms with E-state index in [0.29, 0.717) is 6.08 Å². The van der Waals surface area contributed by atoms with Crippen molar-refractivity contribution in [3.8, 4) is 0 Å². The van der Waals surface area contributed by atoms with Crippen molar-refractivity contribution < 1.29 is 19.1 Å². The first-order valence-electron chi connectivity index (χ1n) is 4.16. The van der Waals surface area contributed by atoms with E-state index in [1.807, 2.05) is 0 Å². The van der Waals surface area contributed by atoms with Gasteiger partial charge in [0.25, 0.3) is 0 Å². The van der Waals surface area contributed by atoms with Gasteiger partial charge >= 0.3 is 5.97 Å². The van der Waals surface area contributed by atoms with Gasteiger partial charge in [-0.15, -0.1) is 0 Å². The minimum atomic E-state index is -1.26. The van der Waals surface area contributed by atoms with Gasteiger partial charge in [0, 0.05) is 12.2 Å². The maximum absolute atomic E-state index is 13.3. The SMILES string of the molecule is O=C(O)/C=C/C(=O)Nc1cccc(Cl)c1F. The number of benzene rings is 1. The molecule has 0 aliphatic heterocycles. The Kier molecular flexibility index (Phi) is 4.02. The average molecular weight is 244 g/mol. The van der Waals surface area contributed by atoms with E-state index in [4.69, 9.17) is 16.7 Å². The van der Waals surface area contributed by atoms with Crippen molar-refractivity contribution in [2.75, 3.05) is 5.32 Å². The topological polar surface area (TPSA) is 66.4 Å². The predicted molar refractivity (Wildman–Crippen MR) is 56.8 cm³/mol. The highest BCUT2D eigenvalue weighted by Gasteiger charge is 2.07. The van der Waals surface area contributed by atoms with Crippen LogP contribution in [0, 0.1) is 5.82 Å². The standard InChI is InChI=1S/C10H7ClFNO3/c11-6-2-1-3-7(10(6)12)13-8(14)4-5-9(15)16/h1-5H,(H,13,14)(H,15,16)/b5-4+. The molecule has 1 amide bonds. The summed E-state index contributed by atoms with van der Waals surface area (Å²) in [6.07, 6.45) is 1.43. The Bertz CT molecular complexity index is 459. The van der Waals surface area contributed by atoms with Gasteiger partial charge in [-0.25, -0.2) is 9.18 Å². The van der Waals surface area contributed by atoms with E-state index in [1.165, 1.54) is 18.2 Å². The Morgan fingerprint density at radius 1 is 1.38 bits per heavy atom. The average Bonchev–Trinajstić information content (AvgIpc) is 2.22. The number of aliphatic carboxylic acids is 1. The first-order valence-corrected chi connectivity index (χ1v) is 4.54. The van der Waals surface area contributed by atoms with Gasteiger partial charge in [-0.1, -0.05) is 17.7 Å². The number of halogens is 2. The summed E-state index contributed by atoms with van der Waals surface area (Å²) in [5, 5.41) is 10.3. The molecule has 1 aromatic carbocycles. The number of carboxylic acids is 1. The van der Waals surface area contributed by atoms with Crippen LogP contribution in [0.3, 0.4) is 0 Å². The molecule has 0 radical (unpaired) electrons. The van der Waals surface area contributed by atoms with Gasteiger partial charge in [-0.2, -0.15) is 0 Å². The monoisotopic (exact) mass is 243 g/mol. The van der Waals surface area contributed by atoms with Crippen molar-refractivity contribution in [1.29, 1.82) is 0 Å². The normalized spacial score (nSPS) is 10.4. The molecule has 0 aliphatic carbocycles. The molecule has 2 N–H and O–H groups in total. The fraction of sp³-hybridized carbons (Fsp3) is 0. The number of hydrogen-bond donors (Lipinski definition) is 2. The maximum atomic E-state index is 13.3. The second-order valence-electron chi connectivity index (χ2n) is 2.76. The minimum absolute atomic E-state index is 0.104. The fourth-order valence-electron chi connectivity index (χ4n) is 0.922. The third-order valence-corrected chi connectivity index (χ3v) is 1.88. The summed E-state index contributed by atoms with van der Waals surface area (Å²) in [6.45, 7) is 0. The van der Waals surface area contributed by atoms with Gasteiger partial charge in [0.05, 0.1) is 10.7 Å². The van der Waals surface area contributed by atoms with E-state index in [1.54, 1.807) is 0 Å². The second-order valence-corrected chi connectivity index (χ2v) is 3.17. The number of nitrogens with one attached hydrogen (secondary N) is 1. The van der Waals surface area contributed by atoms with E-state index in [9.17, 15) is 14.0 Å². The number of anilines is 1. The van der Waals surface area contributed by atoms with Crippen LogP contribution >= 0.6 is 11.6 Å². The summed E-state index contributed by atoms with van der Waals surface area (Å²) in [5.74, 6) is -2.77. The molecule has 0 unspecified atom stereocenters. The smallest absolute Gasteiger partial charge is 0.328 e. The Morgan fingerprint density at radius 3 is 2.69 bits per heavy atom. The molecule has 0 saturated carbocycles. The first-order chi connectivity index (χ1) is 7.50. The molecule has 1 rings (SSSR count). The molecule has 0 bridgehead atoms. The zero-order valence-corrected chi connectivity index (χ0v) is 8.66. The number of carbonyl (C=O) groups is 2. The van der Waals surface area contributed by atoms with Crippen molar-refractivity contribution in [2.24, 2.45) is 0 Å². The minimum Gasteiger partial charge on any atom is -0.478 e. The Hall–Kier alpha value is -1.88. The fourth-order valence-corrected chi connectivity index (χ4v) is 1.10. The number of carboxylic acid groups (broad SMARTS) is 1. The number of carbonyl (C=O) groups excluding carboxylic acids is 1. The van der Waals surface area contributed by atoms with Crippen molar-refractivity contribution in [2.45, 2.75) is 0 Å². The van der Waals surface area contributed by atoms with Gasteiger partial charge in [0.2, 0.25) is 5.91 Å². The molecule has 0 saturated heterocycles. The lowest BCUT2D eigenvalue weighted by Crippen LogP contribution is -2.10. The molecule has 16 heavy (non-hydrogen) atoms. The lowest BCUT2D eigenvalue weighted by Gasteiger charge is -2.04. The van der Waals surface area contributed by atoms with Crippen LogP contribution in [0.15, 0.2) is 30.4 Å². The highest BCUT2D eigenvalue weighted by Crippen LogP contribution is 2.21. The molecule has 0 aromatic heterocycles. The van der Waals surface area contributed by atoms with Crippen LogP contribution in [-0.4, -0.2) is 17.0 Å². The van der Waals surface area contributed by atoms with Gasteiger partial charge in [0.15, 0.2) is 5.82 Å². The van der Waals surface area contributed by atoms with Crippen molar-refractivity contribution in [3.63, 3.8) is 0 Å². The first kappa shape index (κ1) is 12.2. The highest BCUT2D eigenvalue weighted by molar-refractivity contribution is 6.31. The molecule has 0 fully saturated rings. The van der Waals surface area contributed by atoms with Crippen LogP contribution in [0.25, 0.3) is 0 Å². The Morgan fingerprint density at radius 2 is 2.06 bits per heavy atom. The summed E-state index contributed by atoms with van der Waals surface area (Å²) in [7, 11) is 0. The van der Waals surface area contributed by atoms with Crippen LogP contribution in [0.2, 0.25) is 5.02 Å². The number of hydrogen-bond acceptors (Lipinski definition) is 2. The van der Waals surface area contributed by atoms with Crippen molar-refractivity contribution in [1.82, 2.24) is 0 Å². The predicted octanol–water partition coefficient (Wildman–Crippen LogP) is 2.06. The van der Waals surface area contributed by atoms with Crippen LogP contribution in [-0.2, 0) is 9.59 Å². The zero-order chi connectivity index (χ0) is 12.1. The third kappa shape index (κ3) is 3.36. The van der Waals surface area contributed by atoms with Crippen LogP contribution in [0.1, 0.15) is 0 Å². The van der Waals surface area contributed by atoms with Gasteiger partial charge in [-0.05, 0) is 12.1 Å². The van der Waals surface area contributed by atoms with Crippen LogP contribution in [0.5, 0.6) is 0 Å². The summed E-state index contributed by atoms with van der Waals surface area (Å²) in [6, 6.07) is 4.11. The van der Waals surface area contributed by atoms with E-state index >= 15 is 0 Å². The van der Waals surface area contributed by atoms with Crippen molar-refractivity contribution in [3.05, 3.63) is 41.2 Å². The molecule has 84 valence electrons. The quantitative estimate of drug-likeness (QED) is 0.799. The maximum Gasteiger partial charge on any atom is 0.328 e. The molecule has 0 heterocycles. The Labute approximate surface area is 95.3 Å². The zero-order valence-electron chi connectivity index (χ0n) is 7.91. The molecule has 6 heteroatoms. The summed E-state index contributed by atoms with van der Waals surface area (Å²) in [4.78, 5) is 21.2. The summed E-state index contributed by atoms with van der Waals surface area (Å²) >= 11 is 5.49. The molecule has 0 aliphatic rings. The molecule has 0 spiro atoms. The second kappa shape index (κ2) is 5.27. The highest BCUT2D eigenvalue weighted by atomic mass is 35.5. The third-order valence-electron chi connectivity index (χ3n) is 1.59. The Balaban J connectivity index is 2.78. The summed E-state index contributed by atoms with van der Waals surface area (Å²) < 4.78 is 13.3. The number of rotatable bonds is 3. The molecule has 1 aromatic rings. The molecule has 0 atom stereocenters. The van der Waals surface area contributed by atoms with Gasteiger partial charge in [-0.3, -0.25) is 4.79 Å². The van der Waals surface area contributed by atoms with Crippen LogP contribution < -0.4 is 5.32 Å². The van der Waals surface area contributed by atoms with E-state index in [-0.39, 0.29) is 10.7 Å². The molecular formula is C10H7ClFNO3. The molecular weight excluding hydrogens is 237 g/mol. The van der Waals surface area contributed by atoms with Crippen molar-refractivity contribution >= 4 is 29.2 Å². The van der Waals surface area contributed by atoms with Crippen LogP contribution in [0.4, 0.5) is 10.1 Å². The molecule has 4 nitrogen and oxygen atoms in total. The van der Waals surface area contributed by atoms with E-state index < -0.39 is 17.7 Å². The summed E-state index contributed by atoms with van der Waals surface area (Å²) in [5.41, 5.74) is -0.104. The van der Waals surface area contributed by atoms with Gasteiger partial charge < -0.3 is 10.4 Å². The lowest BCUT2D eigenvalue weighted by molar-refractivity contribution is -0.131. The van der Waals surface area contributed by atoms with Gasteiger partial charge in [0.1, 0.15) is 0 Å².